The Labute approximate surface area is 93.5 Å². The summed E-state index contributed by atoms with van der Waals surface area (Å²) in [6.45, 7) is 1.74. The molecule has 1 aromatic rings. The normalized spacial score (nSPS) is 11.2. The fraction of sp³-hybridized carbons (Fsp3) is 0.273. The van der Waals surface area contributed by atoms with Gasteiger partial charge in [0.15, 0.2) is 5.84 Å². The lowest BCUT2D eigenvalue weighted by molar-refractivity contribution is -0.140. The van der Waals surface area contributed by atoms with Crippen molar-refractivity contribution in [1.29, 1.82) is 0 Å². The molecule has 0 saturated heterocycles. The van der Waals surface area contributed by atoms with E-state index in [4.69, 9.17) is 15.7 Å². The fourth-order valence-corrected chi connectivity index (χ4v) is 1.21. The quantitative estimate of drug-likeness (QED) is 0.260. The summed E-state index contributed by atoms with van der Waals surface area (Å²) in [6, 6.07) is 7.18. The molecule has 0 aliphatic heterocycles. The first kappa shape index (κ1) is 12.0. The molecular weight excluding hydrogens is 208 g/mol. The van der Waals surface area contributed by atoms with Gasteiger partial charge in [0.25, 0.3) is 0 Å². The van der Waals surface area contributed by atoms with E-state index >= 15 is 0 Å². The van der Waals surface area contributed by atoms with Gasteiger partial charge in [-0.15, -0.1) is 0 Å². The van der Waals surface area contributed by atoms with Crippen molar-refractivity contribution in [3.8, 4) is 0 Å². The molecular formula is C11H14N2O3. The minimum absolute atomic E-state index is 0.0755. The first-order valence-electron chi connectivity index (χ1n) is 4.83. The van der Waals surface area contributed by atoms with Gasteiger partial charge in [-0.3, -0.25) is 4.79 Å². The summed E-state index contributed by atoms with van der Waals surface area (Å²) in [4.78, 5) is 10.5. The van der Waals surface area contributed by atoms with Gasteiger partial charge in [0, 0.05) is 18.9 Å². The van der Waals surface area contributed by atoms with E-state index in [0.717, 1.165) is 5.56 Å². The summed E-state index contributed by atoms with van der Waals surface area (Å²) >= 11 is 0. The molecule has 5 heteroatoms. The summed E-state index contributed by atoms with van der Waals surface area (Å²) in [5, 5.41) is 11.4. The molecule has 0 unspecified atom stereocenters. The van der Waals surface area contributed by atoms with Crippen molar-refractivity contribution in [3.05, 3.63) is 35.4 Å². The van der Waals surface area contributed by atoms with E-state index in [1.165, 1.54) is 6.92 Å². The van der Waals surface area contributed by atoms with Crippen molar-refractivity contribution in [2.45, 2.75) is 13.3 Å². The largest absolute Gasteiger partial charge is 0.466 e. The van der Waals surface area contributed by atoms with Gasteiger partial charge in [0.1, 0.15) is 0 Å². The molecule has 1 aromatic carbocycles. The maximum absolute atomic E-state index is 10.5. The highest BCUT2D eigenvalue weighted by Gasteiger charge is 2.00. The number of carbonyl (C=O) groups is 1. The van der Waals surface area contributed by atoms with Crippen molar-refractivity contribution in [3.63, 3.8) is 0 Å². The van der Waals surface area contributed by atoms with Crippen LogP contribution in [0.1, 0.15) is 18.1 Å². The topological polar surface area (TPSA) is 84.9 Å². The first-order chi connectivity index (χ1) is 7.63. The predicted molar refractivity (Wildman–Crippen MR) is 59.3 cm³/mol. The molecule has 0 amide bonds. The van der Waals surface area contributed by atoms with Crippen molar-refractivity contribution in [1.82, 2.24) is 0 Å². The molecule has 0 fully saturated rings. The van der Waals surface area contributed by atoms with Crippen LogP contribution < -0.4 is 5.73 Å². The number of amidine groups is 1. The number of hydrogen-bond donors (Lipinski definition) is 2. The summed E-state index contributed by atoms with van der Waals surface area (Å²) in [7, 11) is 0. The molecule has 16 heavy (non-hydrogen) atoms. The minimum atomic E-state index is -0.284. The Morgan fingerprint density at radius 1 is 1.44 bits per heavy atom. The molecule has 0 aliphatic rings. The lowest BCUT2D eigenvalue weighted by Gasteiger charge is -2.03. The maximum atomic E-state index is 10.5. The number of esters is 1. The average Bonchev–Trinajstić information content (AvgIpc) is 2.28. The van der Waals surface area contributed by atoms with Crippen LogP contribution in [0.15, 0.2) is 29.4 Å². The second-order valence-electron chi connectivity index (χ2n) is 3.27. The van der Waals surface area contributed by atoms with Crippen LogP contribution in [0.4, 0.5) is 0 Å². The molecule has 0 bridgehead atoms. The van der Waals surface area contributed by atoms with Gasteiger partial charge in [-0.05, 0) is 5.56 Å². The molecule has 1 rings (SSSR count). The number of nitrogens with two attached hydrogens (primary N) is 1. The molecule has 0 saturated carbocycles. The van der Waals surface area contributed by atoms with Crippen LogP contribution in [-0.4, -0.2) is 23.6 Å². The van der Waals surface area contributed by atoms with Crippen molar-refractivity contribution >= 4 is 11.8 Å². The zero-order valence-electron chi connectivity index (χ0n) is 9.01. The lowest BCUT2D eigenvalue weighted by atomic mass is 10.1. The summed E-state index contributed by atoms with van der Waals surface area (Å²) in [6.07, 6.45) is 0.649. The van der Waals surface area contributed by atoms with Crippen LogP contribution >= 0.6 is 0 Å². The molecule has 3 N–H and O–H groups in total. The van der Waals surface area contributed by atoms with Gasteiger partial charge in [0.2, 0.25) is 0 Å². The Morgan fingerprint density at radius 3 is 2.56 bits per heavy atom. The molecule has 0 aromatic heterocycles. The second-order valence-corrected chi connectivity index (χ2v) is 3.27. The standard InChI is InChI=1S/C11H14N2O3/c1-8(14)16-7-6-9-2-4-10(5-3-9)11(12)13-15/h2-5,15H,6-7H2,1H3,(H2,12,13). The zero-order valence-corrected chi connectivity index (χ0v) is 9.01. The summed E-state index contributed by atoms with van der Waals surface area (Å²) in [5.74, 6) is -0.209. The highest BCUT2D eigenvalue weighted by Crippen LogP contribution is 2.05. The van der Waals surface area contributed by atoms with Crippen LogP contribution in [0.2, 0.25) is 0 Å². The van der Waals surface area contributed by atoms with E-state index in [0.29, 0.717) is 18.6 Å². The number of carbonyl (C=O) groups excluding carboxylic acids is 1. The molecule has 0 heterocycles. The molecule has 5 nitrogen and oxygen atoms in total. The third-order valence-electron chi connectivity index (χ3n) is 2.05. The van der Waals surface area contributed by atoms with Crippen LogP contribution in [0.5, 0.6) is 0 Å². The molecule has 0 radical (unpaired) electrons. The molecule has 0 spiro atoms. The molecule has 0 atom stereocenters. The molecule has 0 aliphatic carbocycles. The molecule has 86 valence electrons. The SMILES string of the molecule is CC(=O)OCCc1ccc(C(N)=NO)cc1. The maximum Gasteiger partial charge on any atom is 0.302 e. The highest BCUT2D eigenvalue weighted by molar-refractivity contribution is 5.96. The smallest absolute Gasteiger partial charge is 0.302 e. The fourth-order valence-electron chi connectivity index (χ4n) is 1.21. The van der Waals surface area contributed by atoms with Crippen LogP contribution in [0.25, 0.3) is 0 Å². The monoisotopic (exact) mass is 222 g/mol. The Balaban J connectivity index is 2.55. The number of rotatable bonds is 4. The number of hydrogen-bond acceptors (Lipinski definition) is 4. The van der Waals surface area contributed by atoms with Gasteiger partial charge in [-0.2, -0.15) is 0 Å². The first-order valence-corrected chi connectivity index (χ1v) is 4.83. The Morgan fingerprint density at radius 2 is 2.06 bits per heavy atom. The van der Waals surface area contributed by atoms with E-state index in [1.807, 2.05) is 12.1 Å². The Kier molecular flexibility index (Phi) is 4.32. The van der Waals surface area contributed by atoms with Gasteiger partial charge in [-0.1, -0.05) is 29.4 Å². The van der Waals surface area contributed by atoms with E-state index in [1.54, 1.807) is 12.1 Å². The Hall–Kier alpha value is -2.04. The summed E-state index contributed by atoms with van der Waals surface area (Å²) in [5.41, 5.74) is 7.09. The van der Waals surface area contributed by atoms with E-state index < -0.39 is 0 Å². The number of oxime groups is 1. The van der Waals surface area contributed by atoms with Crippen LogP contribution in [0.3, 0.4) is 0 Å². The van der Waals surface area contributed by atoms with E-state index in [2.05, 4.69) is 5.16 Å². The minimum Gasteiger partial charge on any atom is -0.466 e. The van der Waals surface area contributed by atoms with Crippen molar-refractivity contribution in [2.75, 3.05) is 6.61 Å². The third kappa shape index (κ3) is 3.61. The van der Waals surface area contributed by atoms with Gasteiger partial charge < -0.3 is 15.7 Å². The van der Waals surface area contributed by atoms with Crippen molar-refractivity contribution < 1.29 is 14.7 Å². The van der Waals surface area contributed by atoms with Crippen LogP contribution in [0, 0.1) is 0 Å². The Bertz CT molecular complexity index is 385. The van der Waals surface area contributed by atoms with Gasteiger partial charge >= 0.3 is 5.97 Å². The third-order valence-corrected chi connectivity index (χ3v) is 2.05. The lowest BCUT2D eigenvalue weighted by Crippen LogP contribution is -2.12. The summed E-state index contributed by atoms with van der Waals surface area (Å²) < 4.78 is 4.82. The highest BCUT2D eigenvalue weighted by atomic mass is 16.5. The number of ether oxygens (including phenoxy) is 1. The zero-order chi connectivity index (χ0) is 12.0. The van der Waals surface area contributed by atoms with Gasteiger partial charge in [0.05, 0.1) is 6.61 Å². The number of nitrogens with zero attached hydrogens (tertiary/aromatic N) is 1. The number of benzene rings is 1. The average molecular weight is 222 g/mol. The van der Waals surface area contributed by atoms with Gasteiger partial charge in [-0.25, -0.2) is 0 Å². The predicted octanol–water partition coefficient (Wildman–Crippen LogP) is 0.887. The van der Waals surface area contributed by atoms with E-state index in [-0.39, 0.29) is 11.8 Å². The van der Waals surface area contributed by atoms with Crippen LogP contribution in [-0.2, 0) is 16.0 Å². The second kappa shape index (κ2) is 5.75. The van der Waals surface area contributed by atoms with E-state index in [9.17, 15) is 4.79 Å². The van der Waals surface area contributed by atoms with Crippen molar-refractivity contribution in [2.24, 2.45) is 10.9 Å².